The summed E-state index contributed by atoms with van der Waals surface area (Å²) in [6.45, 7) is 3.29. The normalized spacial score (nSPS) is 16.4. The third kappa shape index (κ3) is 5.91. The molecule has 9 heteroatoms. The van der Waals surface area contributed by atoms with E-state index in [0.29, 0.717) is 11.5 Å². The maximum Gasteiger partial charge on any atom is 0.328 e. The number of nitrogens with one attached hydrogen (secondary N) is 2. The summed E-state index contributed by atoms with van der Waals surface area (Å²) < 4.78 is 31.4. The van der Waals surface area contributed by atoms with Crippen LogP contribution in [0.4, 0.5) is 0 Å². The molecule has 1 atom stereocenters. The molecule has 3 rings (SSSR count). The minimum atomic E-state index is -3.68. The number of carbonyl (C=O) groups is 2. The predicted octanol–water partition coefficient (Wildman–Crippen LogP) is 2.17. The fourth-order valence-electron chi connectivity index (χ4n) is 3.26. The number of amides is 1. The molecule has 0 spiro atoms. The standard InChI is InChI=1S/C22H25N3O5S/c1-15(2)12-18(16-8-4-3-5-9-16)24-20(26)14-30-21(27)13-23-22-17-10-6-7-11-19(17)31(28,29)25-22/h3-11,15,18H,12-14H2,1-2H3,(H,23,25)(H,24,26). The van der Waals surface area contributed by atoms with Crippen LogP contribution in [0.15, 0.2) is 64.5 Å². The van der Waals surface area contributed by atoms with Gasteiger partial charge in [-0.25, -0.2) is 8.42 Å². The molecule has 2 aromatic carbocycles. The van der Waals surface area contributed by atoms with Gasteiger partial charge in [0.2, 0.25) is 0 Å². The maximum absolute atomic E-state index is 12.3. The lowest BCUT2D eigenvalue weighted by Crippen LogP contribution is -2.33. The Morgan fingerprint density at radius 2 is 1.74 bits per heavy atom. The first kappa shape index (κ1) is 22.5. The van der Waals surface area contributed by atoms with Crippen molar-refractivity contribution in [3.8, 4) is 0 Å². The van der Waals surface area contributed by atoms with Gasteiger partial charge in [0.05, 0.1) is 10.9 Å². The van der Waals surface area contributed by atoms with Crippen LogP contribution in [0.3, 0.4) is 0 Å². The van der Waals surface area contributed by atoms with Crippen molar-refractivity contribution in [2.45, 2.75) is 31.2 Å². The second-order valence-corrected chi connectivity index (χ2v) is 9.24. The minimum Gasteiger partial charge on any atom is -0.454 e. The van der Waals surface area contributed by atoms with Crippen LogP contribution in [-0.4, -0.2) is 39.3 Å². The Hall–Kier alpha value is -3.20. The molecule has 0 fully saturated rings. The fourth-order valence-corrected chi connectivity index (χ4v) is 4.51. The summed E-state index contributed by atoms with van der Waals surface area (Å²) in [5.74, 6) is -0.700. The topological polar surface area (TPSA) is 114 Å². The highest BCUT2D eigenvalue weighted by atomic mass is 32.2. The third-order valence-corrected chi connectivity index (χ3v) is 6.03. The Bertz CT molecular complexity index is 1080. The smallest absolute Gasteiger partial charge is 0.328 e. The van der Waals surface area contributed by atoms with Crippen molar-refractivity contribution in [1.82, 2.24) is 10.0 Å². The van der Waals surface area contributed by atoms with E-state index < -0.39 is 35.1 Å². The van der Waals surface area contributed by atoms with E-state index in [-0.39, 0.29) is 16.8 Å². The van der Waals surface area contributed by atoms with Crippen molar-refractivity contribution < 1.29 is 22.7 Å². The molecule has 1 amide bonds. The van der Waals surface area contributed by atoms with E-state index >= 15 is 0 Å². The Kier molecular flexibility index (Phi) is 7.06. The van der Waals surface area contributed by atoms with Crippen LogP contribution in [0.25, 0.3) is 0 Å². The van der Waals surface area contributed by atoms with E-state index in [1.54, 1.807) is 18.2 Å². The predicted molar refractivity (Wildman–Crippen MR) is 116 cm³/mol. The Balaban J connectivity index is 1.55. The third-order valence-electron chi connectivity index (χ3n) is 4.64. The molecule has 164 valence electrons. The molecule has 0 radical (unpaired) electrons. The SMILES string of the molecule is CC(C)CC(NC(=O)COC(=O)CN=C1NS(=O)(=O)c2ccccc21)c1ccccc1. The lowest BCUT2D eigenvalue weighted by atomic mass is 9.97. The van der Waals surface area contributed by atoms with Crippen molar-refractivity contribution >= 4 is 27.7 Å². The monoisotopic (exact) mass is 443 g/mol. The number of esters is 1. The Morgan fingerprint density at radius 1 is 1.06 bits per heavy atom. The van der Waals surface area contributed by atoms with Gasteiger partial charge in [-0.15, -0.1) is 0 Å². The van der Waals surface area contributed by atoms with Gasteiger partial charge in [-0.1, -0.05) is 56.3 Å². The summed E-state index contributed by atoms with van der Waals surface area (Å²) >= 11 is 0. The van der Waals surface area contributed by atoms with Gasteiger partial charge in [0.25, 0.3) is 15.9 Å². The first-order chi connectivity index (χ1) is 14.8. The maximum atomic E-state index is 12.3. The van der Waals surface area contributed by atoms with Crippen LogP contribution in [-0.2, 0) is 24.3 Å². The quantitative estimate of drug-likeness (QED) is 0.607. The van der Waals surface area contributed by atoms with Crippen molar-refractivity contribution in [1.29, 1.82) is 0 Å². The number of nitrogens with zero attached hydrogens (tertiary/aromatic N) is 1. The van der Waals surface area contributed by atoms with Crippen molar-refractivity contribution in [3.05, 3.63) is 65.7 Å². The lowest BCUT2D eigenvalue weighted by Gasteiger charge is -2.21. The molecule has 1 aliphatic heterocycles. The fraction of sp³-hybridized carbons (Fsp3) is 0.318. The van der Waals surface area contributed by atoms with Gasteiger partial charge in [-0.05, 0) is 30.0 Å². The number of aliphatic imine (C=N–C) groups is 1. The van der Waals surface area contributed by atoms with E-state index in [1.165, 1.54) is 6.07 Å². The molecular weight excluding hydrogens is 418 g/mol. The number of fused-ring (bicyclic) bond motifs is 1. The minimum absolute atomic E-state index is 0.0816. The number of benzene rings is 2. The molecule has 2 aromatic rings. The van der Waals surface area contributed by atoms with Gasteiger partial charge < -0.3 is 10.1 Å². The molecule has 0 aromatic heterocycles. The molecule has 2 N–H and O–H groups in total. The van der Waals surface area contributed by atoms with Crippen molar-refractivity contribution in [2.24, 2.45) is 10.9 Å². The van der Waals surface area contributed by atoms with Crippen LogP contribution in [0.5, 0.6) is 0 Å². The number of sulfonamides is 1. The second kappa shape index (κ2) is 9.74. The number of ether oxygens (including phenoxy) is 1. The first-order valence-corrected chi connectivity index (χ1v) is 11.4. The van der Waals surface area contributed by atoms with E-state index in [9.17, 15) is 18.0 Å². The number of carbonyl (C=O) groups excluding carboxylic acids is 2. The summed E-state index contributed by atoms with van der Waals surface area (Å²) in [5, 5.41) is 2.90. The molecule has 1 aliphatic rings. The number of rotatable bonds is 8. The van der Waals surface area contributed by atoms with Crippen LogP contribution in [0.1, 0.15) is 37.4 Å². The average molecular weight is 444 g/mol. The molecular formula is C22H25N3O5S. The molecule has 0 saturated heterocycles. The lowest BCUT2D eigenvalue weighted by molar-refractivity contribution is -0.147. The van der Waals surface area contributed by atoms with Crippen molar-refractivity contribution in [3.63, 3.8) is 0 Å². The second-order valence-electron chi connectivity index (χ2n) is 7.59. The van der Waals surface area contributed by atoms with Gasteiger partial charge in [-0.2, -0.15) is 0 Å². The first-order valence-electron chi connectivity index (χ1n) is 9.93. The average Bonchev–Trinajstić information content (AvgIpc) is 3.01. The van der Waals surface area contributed by atoms with E-state index in [1.807, 2.05) is 30.3 Å². The number of hydrogen-bond acceptors (Lipinski definition) is 6. The summed E-state index contributed by atoms with van der Waals surface area (Å²) in [7, 11) is -3.68. The zero-order chi connectivity index (χ0) is 22.4. The molecule has 1 heterocycles. The highest BCUT2D eigenvalue weighted by Crippen LogP contribution is 2.22. The zero-order valence-corrected chi connectivity index (χ0v) is 18.2. The van der Waals surface area contributed by atoms with Gasteiger partial charge in [0, 0.05) is 5.56 Å². The summed E-state index contributed by atoms with van der Waals surface area (Å²) in [4.78, 5) is 28.4. The summed E-state index contributed by atoms with van der Waals surface area (Å²) in [5.41, 5.74) is 1.38. The van der Waals surface area contributed by atoms with Crippen molar-refractivity contribution in [2.75, 3.05) is 13.2 Å². The zero-order valence-electron chi connectivity index (χ0n) is 17.4. The van der Waals surface area contributed by atoms with Crippen LogP contribution in [0, 0.1) is 5.92 Å². The molecule has 8 nitrogen and oxygen atoms in total. The Morgan fingerprint density at radius 3 is 2.45 bits per heavy atom. The van der Waals surface area contributed by atoms with Crippen LogP contribution < -0.4 is 10.0 Å². The number of hydrogen-bond donors (Lipinski definition) is 2. The molecule has 0 saturated carbocycles. The van der Waals surface area contributed by atoms with E-state index in [2.05, 4.69) is 28.9 Å². The van der Waals surface area contributed by atoms with Gasteiger partial charge >= 0.3 is 5.97 Å². The van der Waals surface area contributed by atoms with Crippen LogP contribution >= 0.6 is 0 Å². The van der Waals surface area contributed by atoms with E-state index in [0.717, 1.165) is 12.0 Å². The summed E-state index contributed by atoms with van der Waals surface area (Å²) in [6, 6.07) is 15.8. The van der Waals surface area contributed by atoms with Gasteiger partial charge in [-0.3, -0.25) is 19.3 Å². The van der Waals surface area contributed by atoms with Crippen LogP contribution in [0.2, 0.25) is 0 Å². The molecule has 31 heavy (non-hydrogen) atoms. The highest BCUT2D eigenvalue weighted by Gasteiger charge is 2.30. The molecule has 0 bridgehead atoms. The Labute approximate surface area is 181 Å². The molecule has 0 aliphatic carbocycles. The molecule has 1 unspecified atom stereocenters. The van der Waals surface area contributed by atoms with E-state index in [4.69, 9.17) is 4.74 Å². The van der Waals surface area contributed by atoms with Gasteiger partial charge in [0.1, 0.15) is 12.4 Å². The highest BCUT2D eigenvalue weighted by molar-refractivity contribution is 7.90. The summed E-state index contributed by atoms with van der Waals surface area (Å²) in [6.07, 6.45) is 0.747. The largest absolute Gasteiger partial charge is 0.454 e. The van der Waals surface area contributed by atoms with Gasteiger partial charge in [0.15, 0.2) is 6.61 Å². The number of amidine groups is 1.